The van der Waals surface area contributed by atoms with Crippen LogP contribution in [0.4, 0.5) is 5.69 Å². The second kappa shape index (κ2) is 7.66. The molecule has 1 amide bonds. The highest BCUT2D eigenvalue weighted by atomic mass is 32.1. The van der Waals surface area contributed by atoms with Crippen LogP contribution in [-0.2, 0) is 4.79 Å². The van der Waals surface area contributed by atoms with E-state index in [1.54, 1.807) is 24.3 Å². The molecule has 0 bridgehead atoms. The first-order valence-corrected chi connectivity index (χ1v) is 6.33. The maximum Gasteiger partial charge on any atom is 0.224 e. The number of anilines is 1. The van der Waals surface area contributed by atoms with Crippen LogP contribution in [0, 0.1) is 0 Å². The van der Waals surface area contributed by atoms with Crippen LogP contribution in [0.2, 0.25) is 0 Å². The molecular formula is C13H18N2O2S. The van der Waals surface area contributed by atoms with E-state index in [0.29, 0.717) is 17.2 Å². The van der Waals surface area contributed by atoms with E-state index in [1.165, 1.54) is 0 Å². The number of nitrogens with two attached hydrogens (primary N) is 1. The van der Waals surface area contributed by atoms with Gasteiger partial charge in [-0.15, -0.1) is 0 Å². The Balaban J connectivity index is 2.44. The normalized spacial score (nSPS) is 9.83. The summed E-state index contributed by atoms with van der Waals surface area (Å²) in [6.07, 6.45) is 2.47. The van der Waals surface area contributed by atoms with E-state index >= 15 is 0 Å². The first-order valence-electron chi connectivity index (χ1n) is 5.93. The van der Waals surface area contributed by atoms with Crippen LogP contribution in [-0.4, -0.2) is 17.5 Å². The fourth-order valence-electron chi connectivity index (χ4n) is 1.35. The van der Waals surface area contributed by atoms with Gasteiger partial charge in [0.15, 0.2) is 0 Å². The standard InChI is InChI=1S/C13H18N2O2S/c1-2-3-4-13(16)15-10-5-7-11(8-6-10)17-9-12(14)18/h5-8H,2-4,9H2,1H3,(H2,14,18)(H,15,16). The fourth-order valence-corrected chi connectivity index (χ4v) is 1.41. The first kappa shape index (κ1) is 14.4. The molecule has 98 valence electrons. The highest BCUT2D eigenvalue weighted by Crippen LogP contribution is 2.16. The lowest BCUT2D eigenvalue weighted by Crippen LogP contribution is -2.17. The number of carbonyl (C=O) groups excluding carboxylic acids is 1. The van der Waals surface area contributed by atoms with Gasteiger partial charge in [-0.1, -0.05) is 25.6 Å². The van der Waals surface area contributed by atoms with E-state index in [1.807, 2.05) is 0 Å². The number of unbranched alkanes of at least 4 members (excludes halogenated alkanes) is 1. The third kappa shape index (κ3) is 5.63. The van der Waals surface area contributed by atoms with Crippen LogP contribution in [0.25, 0.3) is 0 Å². The lowest BCUT2D eigenvalue weighted by molar-refractivity contribution is -0.116. The van der Waals surface area contributed by atoms with Gasteiger partial charge in [0, 0.05) is 12.1 Å². The highest BCUT2D eigenvalue weighted by Gasteiger charge is 2.02. The molecule has 1 aromatic carbocycles. The zero-order valence-electron chi connectivity index (χ0n) is 10.4. The Morgan fingerprint density at radius 1 is 1.39 bits per heavy atom. The average Bonchev–Trinajstić information content (AvgIpc) is 2.35. The molecule has 0 aliphatic heterocycles. The molecule has 3 N–H and O–H groups in total. The third-order valence-corrected chi connectivity index (χ3v) is 2.39. The number of ether oxygens (including phenoxy) is 1. The van der Waals surface area contributed by atoms with Gasteiger partial charge in [-0.3, -0.25) is 4.79 Å². The molecule has 0 aliphatic carbocycles. The Kier molecular flexibility index (Phi) is 6.14. The monoisotopic (exact) mass is 266 g/mol. The minimum Gasteiger partial charge on any atom is -0.487 e. The number of hydrogen-bond donors (Lipinski definition) is 2. The predicted molar refractivity (Wildman–Crippen MR) is 76.9 cm³/mol. The maximum absolute atomic E-state index is 11.5. The van der Waals surface area contributed by atoms with Gasteiger partial charge in [0.05, 0.1) is 0 Å². The minimum absolute atomic E-state index is 0.0358. The molecule has 0 atom stereocenters. The van der Waals surface area contributed by atoms with Gasteiger partial charge in [-0.2, -0.15) is 0 Å². The molecule has 0 aliphatic rings. The van der Waals surface area contributed by atoms with Crippen LogP contribution in [0.15, 0.2) is 24.3 Å². The van der Waals surface area contributed by atoms with Crippen LogP contribution < -0.4 is 15.8 Å². The van der Waals surface area contributed by atoms with Crippen molar-refractivity contribution in [1.29, 1.82) is 0 Å². The molecule has 5 heteroatoms. The Labute approximate surface area is 113 Å². The zero-order valence-corrected chi connectivity index (χ0v) is 11.3. The Morgan fingerprint density at radius 2 is 2.06 bits per heavy atom. The van der Waals surface area contributed by atoms with E-state index in [9.17, 15) is 4.79 Å². The molecule has 0 unspecified atom stereocenters. The summed E-state index contributed by atoms with van der Waals surface area (Å²) in [4.78, 5) is 11.8. The summed E-state index contributed by atoms with van der Waals surface area (Å²) >= 11 is 4.71. The van der Waals surface area contributed by atoms with Crippen molar-refractivity contribution in [2.45, 2.75) is 26.2 Å². The zero-order chi connectivity index (χ0) is 13.4. The number of nitrogens with one attached hydrogen (secondary N) is 1. The smallest absolute Gasteiger partial charge is 0.224 e. The van der Waals surface area contributed by atoms with Crippen molar-refractivity contribution >= 4 is 28.8 Å². The molecular weight excluding hydrogens is 248 g/mol. The van der Waals surface area contributed by atoms with Gasteiger partial charge in [0.25, 0.3) is 0 Å². The summed E-state index contributed by atoms with van der Waals surface area (Å²) in [6, 6.07) is 7.12. The van der Waals surface area contributed by atoms with Crippen molar-refractivity contribution in [2.24, 2.45) is 5.73 Å². The van der Waals surface area contributed by atoms with Gasteiger partial charge in [-0.05, 0) is 30.7 Å². The molecule has 0 radical (unpaired) electrons. The quantitative estimate of drug-likeness (QED) is 0.744. The van der Waals surface area contributed by atoms with Gasteiger partial charge >= 0.3 is 0 Å². The maximum atomic E-state index is 11.5. The third-order valence-electron chi connectivity index (χ3n) is 2.28. The molecule has 0 saturated heterocycles. The van der Waals surface area contributed by atoms with E-state index in [-0.39, 0.29) is 12.5 Å². The molecule has 18 heavy (non-hydrogen) atoms. The molecule has 0 heterocycles. The summed E-state index contributed by atoms with van der Waals surface area (Å²) < 4.78 is 5.31. The van der Waals surface area contributed by atoms with Gasteiger partial charge < -0.3 is 15.8 Å². The van der Waals surface area contributed by atoms with E-state index in [0.717, 1.165) is 18.5 Å². The van der Waals surface area contributed by atoms with Crippen LogP contribution in [0.1, 0.15) is 26.2 Å². The van der Waals surface area contributed by atoms with Crippen molar-refractivity contribution in [3.8, 4) is 5.75 Å². The Hall–Kier alpha value is -1.62. The average molecular weight is 266 g/mol. The Bertz CT molecular complexity index is 404. The van der Waals surface area contributed by atoms with Crippen molar-refractivity contribution in [3.05, 3.63) is 24.3 Å². The molecule has 0 spiro atoms. The van der Waals surface area contributed by atoms with Crippen LogP contribution >= 0.6 is 12.2 Å². The van der Waals surface area contributed by atoms with Crippen LogP contribution in [0.5, 0.6) is 5.75 Å². The van der Waals surface area contributed by atoms with Crippen LogP contribution in [0.3, 0.4) is 0 Å². The summed E-state index contributed by atoms with van der Waals surface area (Å²) in [5, 5.41) is 2.82. The largest absolute Gasteiger partial charge is 0.487 e. The van der Waals surface area contributed by atoms with Crippen molar-refractivity contribution in [3.63, 3.8) is 0 Å². The number of hydrogen-bond acceptors (Lipinski definition) is 3. The van der Waals surface area contributed by atoms with E-state index in [2.05, 4.69) is 12.2 Å². The van der Waals surface area contributed by atoms with Crippen molar-refractivity contribution in [2.75, 3.05) is 11.9 Å². The van der Waals surface area contributed by atoms with Crippen molar-refractivity contribution in [1.82, 2.24) is 0 Å². The number of carbonyl (C=O) groups is 1. The molecule has 0 fully saturated rings. The summed E-state index contributed by atoms with van der Waals surface area (Å²) in [7, 11) is 0. The topological polar surface area (TPSA) is 64.3 Å². The van der Waals surface area contributed by atoms with Gasteiger partial charge in [0.2, 0.25) is 5.91 Å². The summed E-state index contributed by atoms with van der Waals surface area (Å²) in [5.74, 6) is 0.711. The predicted octanol–water partition coefficient (Wildman–Crippen LogP) is 2.48. The molecule has 1 rings (SSSR count). The highest BCUT2D eigenvalue weighted by molar-refractivity contribution is 7.80. The molecule has 0 saturated carbocycles. The minimum atomic E-state index is 0.0358. The van der Waals surface area contributed by atoms with E-state index in [4.69, 9.17) is 22.7 Å². The number of rotatable bonds is 7. The summed E-state index contributed by atoms with van der Waals surface area (Å²) in [5.41, 5.74) is 6.09. The number of thiocarbonyl (C=S) groups is 1. The van der Waals surface area contributed by atoms with Gasteiger partial charge in [-0.25, -0.2) is 0 Å². The fraction of sp³-hybridized carbons (Fsp3) is 0.385. The number of amides is 1. The second-order valence-corrected chi connectivity index (χ2v) is 4.46. The number of benzene rings is 1. The lowest BCUT2D eigenvalue weighted by atomic mass is 10.2. The molecule has 4 nitrogen and oxygen atoms in total. The molecule has 0 aromatic heterocycles. The lowest BCUT2D eigenvalue weighted by Gasteiger charge is -2.07. The molecule has 1 aromatic rings. The Morgan fingerprint density at radius 3 is 2.61 bits per heavy atom. The first-order chi connectivity index (χ1) is 8.61. The second-order valence-electron chi connectivity index (χ2n) is 3.93. The van der Waals surface area contributed by atoms with Crippen molar-refractivity contribution < 1.29 is 9.53 Å². The SMILES string of the molecule is CCCCC(=O)Nc1ccc(OCC(N)=S)cc1. The van der Waals surface area contributed by atoms with Gasteiger partial charge in [0.1, 0.15) is 17.3 Å². The summed E-state index contributed by atoms with van der Waals surface area (Å²) in [6.45, 7) is 2.28. The van der Waals surface area contributed by atoms with E-state index < -0.39 is 0 Å².